The summed E-state index contributed by atoms with van der Waals surface area (Å²) < 4.78 is 21.0. The van der Waals surface area contributed by atoms with Gasteiger partial charge in [0.2, 0.25) is 0 Å². The molecule has 36 heavy (non-hydrogen) atoms. The Morgan fingerprint density at radius 2 is 1.31 bits per heavy atom. The Morgan fingerprint density at radius 3 is 1.83 bits per heavy atom. The average molecular weight is 534 g/mol. The molecular weight excluding hydrogens is 500 g/mol. The number of aldehydes is 1. The van der Waals surface area contributed by atoms with E-state index in [1.807, 2.05) is 5.43 Å². The van der Waals surface area contributed by atoms with Crippen molar-refractivity contribution in [1.29, 1.82) is 0 Å². The number of ether oxygens (including phenoxy) is 4. The summed E-state index contributed by atoms with van der Waals surface area (Å²) in [4.78, 5) is 10.6. The molecule has 0 saturated carbocycles. The SMILES string of the molecule is NNC(O[C@@H]1O[C@H](CO[C@H]2O[C@H](CO)[C@@H](O)[C@H](O)[C@H]2O)[C@@H](O)[C@H](O)[C@H]1O)[C@H](O)[C@H](O)[C@H](O)[C@@H](O)C=O. The lowest BCUT2D eigenvalue weighted by Gasteiger charge is -2.43. The van der Waals surface area contributed by atoms with Crippen LogP contribution < -0.4 is 11.3 Å². The Hall–Kier alpha value is -1.01. The van der Waals surface area contributed by atoms with Crippen molar-refractivity contribution in [3.05, 3.63) is 0 Å². The molecule has 0 bridgehead atoms. The van der Waals surface area contributed by atoms with E-state index in [1.54, 1.807) is 0 Å². The van der Waals surface area contributed by atoms with E-state index in [0.717, 1.165) is 0 Å². The number of aliphatic hydroxyl groups excluding tert-OH is 11. The van der Waals surface area contributed by atoms with Crippen LogP contribution in [0.5, 0.6) is 0 Å². The van der Waals surface area contributed by atoms with Crippen molar-refractivity contribution in [1.82, 2.24) is 5.43 Å². The molecule has 0 aromatic heterocycles. The lowest BCUT2D eigenvalue weighted by molar-refractivity contribution is -0.341. The predicted molar refractivity (Wildman–Crippen MR) is 109 cm³/mol. The molecule has 0 spiro atoms. The fourth-order valence-corrected chi connectivity index (χ4v) is 3.59. The highest BCUT2D eigenvalue weighted by molar-refractivity contribution is 5.56. The van der Waals surface area contributed by atoms with Crippen molar-refractivity contribution in [3.63, 3.8) is 0 Å². The Balaban J connectivity index is 2.06. The van der Waals surface area contributed by atoms with E-state index in [0.29, 0.717) is 0 Å². The van der Waals surface area contributed by atoms with Crippen LogP contribution in [0.25, 0.3) is 0 Å². The molecule has 0 aromatic carbocycles. The first-order valence-electron chi connectivity index (χ1n) is 10.8. The van der Waals surface area contributed by atoms with Gasteiger partial charge in [0.25, 0.3) is 0 Å². The third-order valence-electron chi connectivity index (χ3n) is 5.89. The number of aliphatic hydroxyl groups is 11. The first-order valence-corrected chi connectivity index (χ1v) is 10.8. The molecule has 18 heteroatoms. The van der Waals surface area contributed by atoms with Crippen LogP contribution in [0.2, 0.25) is 0 Å². The van der Waals surface area contributed by atoms with Crippen LogP contribution in [-0.2, 0) is 23.7 Å². The number of carbonyl (C=O) groups excluding carboxylic acids is 1. The van der Waals surface area contributed by atoms with Gasteiger partial charge in [-0.15, -0.1) is 0 Å². The van der Waals surface area contributed by atoms with Gasteiger partial charge in [-0.3, -0.25) is 5.84 Å². The van der Waals surface area contributed by atoms with Crippen LogP contribution in [0.3, 0.4) is 0 Å². The Labute approximate surface area is 203 Å². The lowest BCUT2D eigenvalue weighted by Crippen LogP contribution is -2.64. The zero-order valence-corrected chi connectivity index (χ0v) is 18.7. The number of rotatable bonds is 12. The summed E-state index contributed by atoms with van der Waals surface area (Å²) in [5.41, 5.74) is 1.91. The van der Waals surface area contributed by atoms with Crippen LogP contribution in [0.1, 0.15) is 0 Å². The van der Waals surface area contributed by atoms with Crippen LogP contribution in [-0.4, -0.2) is 168 Å². The molecule has 2 aliphatic rings. The molecule has 2 rings (SSSR count). The maximum atomic E-state index is 10.6. The van der Waals surface area contributed by atoms with Crippen molar-refractivity contribution in [2.45, 2.75) is 92.1 Å². The highest BCUT2D eigenvalue weighted by Gasteiger charge is 2.48. The average Bonchev–Trinajstić information content (AvgIpc) is 2.88. The van der Waals surface area contributed by atoms with E-state index in [-0.39, 0.29) is 6.29 Å². The van der Waals surface area contributed by atoms with Crippen molar-refractivity contribution in [2.24, 2.45) is 5.84 Å². The Kier molecular flexibility index (Phi) is 11.9. The number of hydrogen-bond donors (Lipinski definition) is 13. The molecule has 15 atom stereocenters. The van der Waals surface area contributed by atoms with Gasteiger partial charge in [0.05, 0.1) is 13.2 Å². The van der Waals surface area contributed by atoms with Gasteiger partial charge in [-0.25, -0.2) is 5.43 Å². The van der Waals surface area contributed by atoms with E-state index in [9.17, 15) is 61.0 Å². The first kappa shape index (κ1) is 31.2. The predicted octanol–water partition coefficient (Wildman–Crippen LogP) is -8.94. The summed E-state index contributed by atoms with van der Waals surface area (Å²) in [6, 6.07) is 0. The fourth-order valence-electron chi connectivity index (χ4n) is 3.59. The lowest BCUT2D eigenvalue weighted by atomic mass is 9.98. The number of nitrogens with one attached hydrogen (secondary N) is 1. The fraction of sp³-hybridized carbons (Fsp3) is 0.944. The minimum atomic E-state index is -2.19. The van der Waals surface area contributed by atoms with E-state index in [1.165, 1.54) is 0 Å². The minimum absolute atomic E-state index is 0.0991. The quantitative estimate of drug-likeness (QED) is 0.0478. The van der Waals surface area contributed by atoms with Crippen LogP contribution >= 0.6 is 0 Å². The molecule has 0 aromatic rings. The van der Waals surface area contributed by atoms with E-state index < -0.39 is 105 Å². The second kappa shape index (κ2) is 13.7. The van der Waals surface area contributed by atoms with Gasteiger partial charge >= 0.3 is 0 Å². The topological polar surface area (TPSA) is 315 Å². The zero-order chi connectivity index (χ0) is 27.3. The van der Waals surface area contributed by atoms with Gasteiger partial charge in [0.1, 0.15) is 73.2 Å². The smallest absolute Gasteiger partial charge is 0.188 e. The second-order valence-electron chi connectivity index (χ2n) is 8.37. The molecule has 0 radical (unpaired) electrons. The number of hydrogen-bond acceptors (Lipinski definition) is 18. The highest BCUT2D eigenvalue weighted by Crippen LogP contribution is 2.26. The Morgan fingerprint density at radius 1 is 0.778 bits per heavy atom. The number of hydrazine groups is 1. The van der Waals surface area contributed by atoms with Crippen LogP contribution in [0.4, 0.5) is 0 Å². The summed E-state index contributed by atoms with van der Waals surface area (Å²) in [6.07, 6.45) is -27.5. The number of carbonyl (C=O) groups is 1. The normalized spacial score (nSPS) is 41.8. The van der Waals surface area contributed by atoms with Crippen molar-refractivity contribution < 1.29 is 79.9 Å². The van der Waals surface area contributed by atoms with Gasteiger partial charge in [-0.05, 0) is 0 Å². The molecule has 0 amide bonds. The summed E-state index contributed by atoms with van der Waals surface area (Å²) in [6.45, 7) is -1.39. The summed E-state index contributed by atoms with van der Waals surface area (Å²) in [7, 11) is 0. The summed E-state index contributed by atoms with van der Waals surface area (Å²) in [5, 5.41) is 109. The standard InChI is InChI=1S/C18H34N2O16/c19-20-16(13(30)10(27)7(24)4(23)1-21)36-18-15(32)12(29)9(26)6(35-18)3-33-17-14(31)11(28)8(25)5(2-22)34-17/h1,4-18,20,22-32H,2-3,19H2/t4-,5+,6+,7+,8+,9+,10+,11-,12-,13+,14+,15+,16?,17-,18-/m0/s1. The maximum absolute atomic E-state index is 10.6. The second-order valence-corrected chi connectivity index (χ2v) is 8.37. The molecule has 212 valence electrons. The van der Waals surface area contributed by atoms with E-state index in [2.05, 4.69) is 0 Å². The van der Waals surface area contributed by atoms with E-state index >= 15 is 0 Å². The van der Waals surface area contributed by atoms with Gasteiger partial charge in [-0.1, -0.05) is 0 Å². The zero-order valence-electron chi connectivity index (χ0n) is 18.7. The van der Waals surface area contributed by atoms with E-state index in [4.69, 9.17) is 24.8 Å². The molecule has 0 aliphatic carbocycles. The third kappa shape index (κ3) is 6.89. The molecule has 18 nitrogen and oxygen atoms in total. The van der Waals surface area contributed by atoms with Gasteiger partial charge in [-0.2, -0.15) is 0 Å². The first-order chi connectivity index (χ1) is 16.9. The third-order valence-corrected chi connectivity index (χ3v) is 5.89. The maximum Gasteiger partial charge on any atom is 0.188 e. The molecule has 2 saturated heterocycles. The molecule has 14 N–H and O–H groups in total. The van der Waals surface area contributed by atoms with Crippen molar-refractivity contribution in [2.75, 3.05) is 13.2 Å². The summed E-state index contributed by atoms with van der Waals surface area (Å²) >= 11 is 0. The van der Waals surface area contributed by atoms with Crippen LogP contribution in [0.15, 0.2) is 0 Å². The Bertz CT molecular complexity index is 677. The molecular formula is C18H34N2O16. The molecule has 1 unspecified atom stereocenters. The minimum Gasteiger partial charge on any atom is -0.394 e. The summed E-state index contributed by atoms with van der Waals surface area (Å²) in [5.74, 6) is 5.26. The number of nitrogens with two attached hydrogens (primary N) is 1. The van der Waals surface area contributed by atoms with Gasteiger partial charge in [0.15, 0.2) is 25.1 Å². The largest absolute Gasteiger partial charge is 0.394 e. The van der Waals surface area contributed by atoms with Gasteiger partial charge < -0.3 is 79.9 Å². The van der Waals surface area contributed by atoms with Crippen molar-refractivity contribution >= 4 is 6.29 Å². The highest BCUT2D eigenvalue weighted by atomic mass is 16.7. The van der Waals surface area contributed by atoms with Crippen LogP contribution in [0, 0.1) is 0 Å². The molecule has 2 heterocycles. The van der Waals surface area contributed by atoms with Crippen molar-refractivity contribution in [3.8, 4) is 0 Å². The van der Waals surface area contributed by atoms with Gasteiger partial charge in [0, 0.05) is 0 Å². The molecule has 2 fully saturated rings. The monoisotopic (exact) mass is 534 g/mol. The molecule has 2 aliphatic heterocycles.